The molecule has 3 rings (SSSR count). The highest BCUT2D eigenvalue weighted by Crippen LogP contribution is 2.32. The average molecular weight is 353 g/mol. The summed E-state index contributed by atoms with van der Waals surface area (Å²) in [4.78, 5) is 11.8. The molecule has 1 heterocycles. The number of hydrogen-bond donors (Lipinski definition) is 1. The smallest absolute Gasteiger partial charge is 0.337 e. The molecule has 5 heteroatoms. The summed E-state index contributed by atoms with van der Waals surface area (Å²) in [6.07, 6.45) is 1.92. The molecule has 136 valence electrons. The highest BCUT2D eigenvalue weighted by molar-refractivity contribution is 5.83. The van der Waals surface area contributed by atoms with Crippen molar-refractivity contribution in [1.29, 1.82) is 0 Å². The average Bonchev–Trinajstić information content (AvgIpc) is 2.60. The molecule has 0 amide bonds. The van der Waals surface area contributed by atoms with Crippen LogP contribution in [0.5, 0.6) is 5.75 Å². The van der Waals surface area contributed by atoms with Gasteiger partial charge in [0.15, 0.2) is 0 Å². The van der Waals surface area contributed by atoms with E-state index in [0.717, 1.165) is 17.0 Å². The van der Waals surface area contributed by atoms with Crippen molar-refractivity contribution in [3.05, 3.63) is 72.0 Å². The summed E-state index contributed by atoms with van der Waals surface area (Å²) in [6, 6.07) is 17.7. The Hall–Kier alpha value is -2.95. The van der Waals surface area contributed by atoms with E-state index in [2.05, 4.69) is 5.32 Å². The molecule has 1 unspecified atom stereocenters. The van der Waals surface area contributed by atoms with Crippen LogP contribution in [-0.2, 0) is 14.3 Å². The number of anilines is 1. The maximum Gasteiger partial charge on any atom is 0.337 e. The van der Waals surface area contributed by atoms with Crippen LogP contribution >= 0.6 is 0 Å². The van der Waals surface area contributed by atoms with Crippen molar-refractivity contribution in [3.8, 4) is 5.75 Å². The quantitative estimate of drug-likeness (QED) is 0.779. The van der Waals surface area contributed by atoms with Gasteiger partial charge in [-0.3, -0.25) is 0 Å². The number of rotatable bonds is 6. The van der Waals surface area contributed by atoms with Gasteiger partial charge in [-0.2, -0.15) is 0 Å². The minimum absolute atomic E-state index is 0.0729. The Morgan fingerprint density at radius 1 is 1.04 bits per heavy atom. The molecule has 1 aliphatic rings. The largest absolute Gasteiger partial charge is 0.497 e. The van der Waals surface area contributed by atoms with Gasteiger partial charge >= 0.3 is 5.97 Å². The lowest BCUT2D eigenvalue weighted by Crippen LogP contribution is -2.35. The van der Waals surface area contributed by atoms with Crippen molar-refractivity contribution in [3.63, 3.8) is 0 Å². The zero-order chi connectivity index (χ0) is 18.6. The number of esters is 1. The number of carbonyl (C=O) groups is 1. The summed E-state index contributed by atoms with van der Waals surface area (Å²) in [5.74, 6) is 0.0447. The van der Waals surface area contributed by atoms with Gasteiger partial charge < -0.3 is 19.5 Å². The molecular formula is C21H23NO4. The highest BCUT2D eigenvalue weighted by Gasteiger charge is 2.31. The second-order valence-electron chi connectivity index (χ2n) is 6.57. The van der Waals surface area contributed by atoms with Crippen LogP contribution in [0.15, 0.2) is 66.4 Å². The zero-order valence-corrected chi connectivity index (χ0v) is 15.2. The fourth-order valence-corrected chi connectivity index (χ4v) is 2.89. The molecule has 2 aromatic rings. The van der Waals surface area contributed by atoms with Crippen LogP contribution in [0, 0.1) is 0 Å². The van der Waals surface area contributed by atoms with E-state index >= 15 is 0 Å². The normalized spacial score (nSPS) is 16.7. The van der Waals surface area contributed by atoms with E-state index in [9.17, 15) is 4.79 Å². The lowest BCUT2D eigenvalue weighted by atomic mass is 10.0. The second-order valence-corrected chi connectivity index (χ2v) is 6.57. The van der Waals surface area contributed by atoms with Crippen LogP contribution in [0.4, 0.5) is 5.69 Å². The molecule has 0 aromatic heterocycles. The van der Waals surface area contributed by atoms with Crippen molar-refractivity contribution in [1.82, 2.24) is 0 Å². The molecule has 1 N–H and O–H groups in total. The standard InChI is InChI=1S/C21H23NO4/c1-21(2)25-18(14-20(23)26-21)13-19(22-16-7-5-4-6-8-16)15-9-11-17(24-3)12-10-15/h4-12,14,19,22H,13H2,1-3H3. The molecule has 0 radical (unpaired) electrons. The predicted octanol–water partition coefficient (Wildman–Crippen LogP) is 4.43. The number of cyclic esters (lactones) is 1. The summed E-state index contributed by atoms with van der Waals surface area (Å²) in [5, 5.41) is 3.51. The van der Waals surface area contributed by atoms with E-state index in [4.69, 9.17) is 14.2 Å². The van der Waals surface area contributed by atoms with Gasteiger partial charge in [-0.05, 0) is 29.8 Å². The first-order chi connectivity index (χ1) is 12.4. The summed E-state index contributed by atoms with van der Waals surface area (Å²) in [5.41, 5.74) is 2.06. The van der Waals surface area contributed by atoms with Gasteiger partial charge in [-0.15, -0.1) is 0 Å². The number of para-hydroxylation sites is 1. The van der Waals surface area contributed by atoms with Crippen LogP contribution in [0.1, 0.15) is 31.9 Å². The number of methoxy groups -OCH3 is 1. The molecule has 2 aromatic carbocycles. The minimum Gasteiger partial charge on any atom is -0.497 e. The summed E-state index contributed by atoms with van der Waals surface area (Å²) in [7, 11) is 1.64. The summed E-state index contributed by atoms with van der Waals surface area (Å²) < 4.78 is 16.2. The number of carbonyl (C=O) groups excluding carboxylic acids is 1. The van der Waals surface area contributed by atoms with E-state index in [0.29, 0.717) is 12.2 Å². The van der Waals surface area contributed by atoms with Crippen LogP contribution in [0.2, 0.25) is 0 Å². The first-order valence-electron chi connectivity index (χ1n) is 8.53. The van der Waals surface area contributed by atoms with E-state index in [-0.39, 0.29) is 12.0 Å². The first-order valence-corrected chi connectivity index (χ1v) is 8.53. The maximum atomic E-state index is 11.8. The monoisotopic (exact) mass is 353 g/mol. The molecule has 0 saturated carbocycles. The zero-order valence-electron chi connectivity index (χ0n) is 15.2. The Labute approximate surface area is 153 Å². The number of hydrogen-bond acceptors (Lipinski definition) is 5. The minimum atomic E-state index is -0.960. The molecule has 26 heavy (non-hydrogen) atoms. The highest BCUT2D eigenvalue weighted by atomic mass is 16.7. The molecule has 0 aliphatic carbocycles. The van der Waals surface area contributed by atoms with Crippen LogP contribution in [0.3, 0.4) is 0 Å². The predicted molar refractivity (Wildman–Crippen MR) is 99.8 cm³/mol. The molecule has 0 fully saturated rings. The lowest BCUT2D eigenvalue weighted by molar-refractivity contribution is -0.206. The molecule has 1 aliphatic heterocycles. The van der Waals surface area contributed by atoms with E-state index < -0.39 is 5.79 Å². The van der Waals surface area contributed by atoms with Gasteiger partial charge in [0.25, 0.3) is 0 Å². The van der Waals surface area contributed by atoms with Gasteiger partial charge in [0.2, 0.25) is 5.79 Å². The molecule has 0 bridgehead atoms. The third kappa shape index (κ3) is 4.57. The van der Waals surface area contributed by atoms with Gasteiger partial charge in [0.05, 0.1) is 19.2 Å². The Balaban J connectivity index is 1.86. The van der Waals surface area contributed by atoms with Crippen molar-refractivity contribution >= 4 is 11.7 Å². The maximum absolute atomic E-state index is 11.8. The van der Waals surface area contributed by atoms with Gasteiger partial charge in [-0.25, -0.2) is 4.79 Å². The van der Waals surface area contributed by atoms with Gasteiger partial charge in [-0.1, -0.05) is 30.3 Å². The number of benzene rings is 2. The van der Waals surface area contributed by atoms with E-state index in [1.165, 1.54) is 6.08 Å². The van der Waals surface area contributed by atoms with Crippen molar-refractivity contribution in [2.75, 3.05) is 12.4 Å². The lowest BCUT2D eigenvalue weighted by Gasteiger charge is -2.32. The molecular weight excluding hydrogens is 330 g/mol. The fourth-order valence-electron chi connectivity index (χ4n) is 2.89. The molecule has 0 saturated heterocycles. The van der Waals surface area contributed by atoms with Crippen LogP contribution in [-0.4, -0.2) is 18.9 Å². The molecule has 5 nitrogen and oxygen atoms in total. The fraction of sp³-hybridized carbons (Fsp3) is 0.286. The summed E-state index contributed by atoms with van der Waals surface area (Å²) >= 11 is 0. The SMILES string of the molecule is COc1ccc(C(CC2=CC(=O)OC(C)(C)O2)Nc2ccccc2)cc1. The summed E-state index contributed by atoms with van der Waals surface area (Å²) in [6.45, 7) is 3.45. The van der Waals surface area contributed by atoms with Gasteiger partial charge in [0.1, 0.15) is 11.5 Å². The number of nitrogens with one attached hydrogen (secondary N) is 1. The van der Waals surface area contributed by atoms with Crippen molar-refractivity contribution < 1.29 is 19.0 Å². The Bertz CT molecular complexity index is 781. The Morgan fingerprint density at radius 2 is 1.73 bits per heavy atom. The van der Waals surface area contributed by atoms with Crippen molar-refractivity contribution in [2.24, 2.45) is 0 Å². The van der Waals surface area contributed by atoms with Gasteiger partial charge in [0, 0.05) is 26.0 Å². The first kappa shape index (κ1) is 17.9. The topological polar surface area (TPSA) is 56.8 Å². The Kier molecular flexibility index (Phi) is 5.16. The third-order valence-electron chi connectivity index (χ3n) is 4.04. The van der Waals surface area contributed by atoms with Crippen LogP contribution in [0.25, 0.3) is 0 Å². The van der Waals surface area contributed by atoms with E-state index in [1.54, 1.807) is 21.0 Å². The van der Waals surface area contributed by atoms with Crippen LogP contribution < -0.4 is 10.1 Å². The van der Waals surface area contributed by atoms with E-state index in [1.807, 2.05) is 54.6 Å². The molecule has 1 atom stereocenters. The second kappa shape index (κ2) is 7.52. The van der Waals surface area contributed by atoms with Crippen molar-refractivity contribution in [2.45, 2.75) is 32.1 Å². The number of ether oxygens (including phenoxy) is 3. The third-order valence-corrected chi connectivity index (χ3v) is 4.04. The molecule has 0 spiro atoms. The Morgan fingerprint density at radius 3 is 2.35 bits per heavy atom.